The molecule has 1 saturated heterocycles. The first-order valence-corrected chi connectivity index (χ1v) is 11.3. The van der Waals surface area contributed by atoms with Gasteiger partial charge in [0.2, 0.25) is 0 Å². The number of hydrogen-bond donors (Lipinski definition) is 2. The summed E-state index contributed by atoms with van der Waals surface area (Å²) in [4.78, 5) is 11.2. The largest absolute Gasteiger partial charge is 0.374 e. The summed E-state index contributed by atoms with van der Waals surface area (Å²) in [6, 6.07) is 8.25. The number of aryl methyl sites for hydroxylation is 1. The van der Waals surface area contributed by atoms with Crippen molar-refractivity contribution >= 4 is 5.96 Å². The van der Waals surface area contributed by atoms with Crippen LogP contribution in [0.2, 0.25) is 0 Å². The normalized spacial score (nSPS) is 17.8. The monoisotopic (exact) mass is 428 g/mol. The molecule has 0 amide bonds. The van der Waals surface area contributed by atoms with Crippen LogP contribution in [0.15, 0.2) is 33.8 Å². The average molecular weight is 429 g/mol. The molecule has 1 fully saturated rings. The standard InChI is InChI=1S/C23H36N6O2/c1-5-21-27-22(31-28-21)19-8-6-18(7-9-19)10-11-25-23(24-4)26-14-20-16-29(12-13-30-20)15-17(2)3/h6-9,17,20H,5,10-16H2,1-4H3,(H2,24,25,26). The second-order valence-electron chi connectivity index (χ2n) is 8.34. The van der Waals surface area contributed by atoms with E-state index in [2.05, 4.69) is 56.6 Å². The minimum Gasteiger partial charge on any atom is -0.374 e. The average Bonchev–Trinajstić information content (AvgIpc) is 3.26. The summed E-state index contributed by atoms with van der Waals surface area (Å²) in [5.74, 6) is 2.78. The molecule has 0 aliphatic carbocycles. The first-order valence-electron chi connectivity index (χ1n) is 11.3. The van der Waals surface area contributed by atoms with Crippen LogP contribution < -0.4 is 10.6 Å². The molecule has 170 valence electrons. The van der Waals surface area contributed by atoms with Crippen molar-refractivity contribution in [2.75, 3.05) is 46.4 Å². The van der Waals surface area contributed by atoms with Crippen LogP contribution in [0.4, 0.5) is 0 Å². The van der Waals surface area contributed by atoms with E-state index in [4.69, 9.17) is 9.26 Å². The number of benzene rings is 1. The summed E-state index contributed by atoms with van der Waals surface area (Å²) < 4.78 is 11.2. The minimum atomic E-state index is 0.191. The van der Waals surface area contributed by atoms with Crippen LogP contribution >= 0.6 is 0 Å². The lowest BCUT2D eigenvalue weighted by molar-refractivity contribution is -0.0284. The molecule has 1 aliphatic heterocycles. The van der Waals surface area contributed by atoms with Gasteiger partial charge in [0, 0.05) is 51.8 Å². The van der Waals surface area contributed by atoms with Crippen LogP contribution in [0.5, 0.6) is 0 Å². The minimum absolute atomic E-state index is 0.191. The van der Waals surface area contributed by atoms with Crippen molar-refractivity contribution in [3.05, 3.63) is 35.7 Å². The lowest BCUT2D eigenvalue weighted by Crippen LogP contribution is -2.50. The summed E-state index contributed by atoms with van der Waals surface area (Å²) in [5, 5.41) is 10.7. The topological polar surface area (TPSA) is 87.8 Å². The maximum atomic E-state index is 5.91. The SMILES string of the molecule is CCc1noc(-c2ccc(CCNC(=NC)NCC3CN(CC(C)C)CCO3)cc2)n1. The van der Waals surface area contributed by atoms with E-state index >= 15 is 0 Å². The molecule has 2 aromatic rings. The number of morpholine rings is 1. The lowest BCUT2D eigenvalue weighted by Gasteiger charge is -2.34. The van der Waals surface area contributed by atoms with E-state index in [1.54, 1.807) is 7.05 Å². The Morgan fingerprint density at radius 3 is 2.74 bits per heavy atom. The van der Waals surface area contributed by atoms with Crippen LogP contribution in [0.1, 0.15) is 32.2 Å². The van der Waals surface area contributed by atoms with Gasteiger partial charge in [-0.25, -0.2) is 0 Å². The van der Waals surface area contributed by atoms with Gasteiger partial charge in [0.05, 0.1) is 12.7 Å². The van der Waals surface area contributed by atoms with Crippen LogP contribution in [-0.2, 0) is 17.6 Å². The van der Waals surface area contributed by atoms with E-state index in [9.17, 15) is 0 Å². The van der Waals surface area contributed by atoms with Crippen molar-refractivity contribution in [1.82, 2.24) is 25.7 Å². The van der Waals surface area contributed by atoms with Gasteiger partial charge in [-0.2, -0.15) is 4.98 Å². The number of aliphatic imine (C=N–C) groups is 1. The summed E-state index contributed by atoms with van der Waals surface area (Å²) in [7, 11) is 1.80. The number of aromatic nitrogens is 2. The molecule has 0 radical (unpaired) electrons. The van der Waals surface area contributed by atoms with Gasteiger partial charge in [-0.1, -0.05) is 38.1 Å². The molecule has 1 aromatic carbocycles. The third-order valence-electron chi connectivity index (χ3n) is 5.26. The zero-order chi connectivity index (χ0) is 22.1. The van der Waals surface area contributed by atoms with Crippen molar-refractivity contribution in [1.29, 1.82) is 0 Å². The predicted octanol–water partition coefficient (Wildman–Crippen LogP) is 2.36. The molecule has 2 heterocycles. The zero-order valence-corrected chi connectivity index (χ0v) is 19.2. The number of nitrogens with one attached hydrogen (secondary N) is 2. The molecule has 8 nitrogen and oxygen atoms in total. The van der Waals surface area contributed by atoms with E-state index in [0.29, 0.717) is 11.8 Å². The van der Waals surface area contributed by atoms with Crippen LogP contribution in [-0.4, -0.2) is 73.5 Å². The molecule has 31 heavy (non-hydrogen) atoms. The van der Waals surface area contributed by atoms with Crippen molar-refractivity contribution in [3.8, 4) is 11.5 Å². The second-order valence-corrected chi connectivity index (χ2v) is 8.34. The van der Waals surface area contributed by atoms with Crippen molar-refractivity contribution < 1.29 is 9.26 Å². The van der Waals surface area contributed by atoms with Crippen LogP contribution in [0.3, 0.4) is 0 Å². The zero-order valence-electron chi connectivity index (χ0n) is 19.2. The fourth-order valence-corrected chi connectivity index (χ4v) is 3.67. The Hall–Kier alpha value is -2.45. The molecule has 1 aliphatic rings. The Labute approximate surface area is 185 Å². The maximum Gasteiger partial charge on any atom is 0.257 e. The molecular weight excluding hydrogens is 392 g/mol. The molecule has 8 heteroatoms. The molecule has 0 spiro atoms. The fraction of sp³-hybridized carbons (Fsp3) is 0.609. The van der Waals surface area contributed by atoms with E-state index in [-0.39, 0.29) is 6.10 Å². The highest BCUT2D eigenvalue weighted by molar-refractivity contribution is 5.79. The second kappa shape index (κ2) is 11.8. The van der Waals surface area contributed by atoms with Crippen LogP contribution in [0, 0.1) is 5.92 Å². The van der Waals surface area contributed by atoms with Gasteiger partial charge in [0.15, 0.2) is 11.8 Å². The summed E-state index contributed by atoms with van der Waals surface area (Å²) >= 11 is 0. The quantitative estimate of drug-likeness (QED) is 0.468. The van der Waals surface area contributed by atoms with Crippen molar-refractivity contribution in [2.45, 2.75) is 39.7 Å². The molecule has 1 atom stereocenters. The van der Waals surface area contributed by atoms with E-state index in [1.807, 2.05) is 19.1 Å². The third kappa shape index (κ3) is 7.33. The van der Waals surface area contributed by atoms with E-state index in [0.717, 1.165) is 69.5 Å². The van der Waals surface area contributed by atoms with Gasteiger partial charge in [0.1, 0.15) is 0 Å². The van der Waals surface area contributed by atoms with Crippen LogP contribution in [0.25, 0.3) is 11.5 Å². The maximum absolute atomic E-state index is 5.91. The molecule has 2 N–H and O–H groups in total. The number of hydrogen-bond acceptors (Lipinski definition) is 6. The highest BCUT2D eigenvalue weighted by atomic mass is 16.5. The van der Waals surface area contributed by atoms with Gasteiger partial charge in [-0.05, 0) is 30.0 Å². The molecule has 0 bridgehead atoms. The number of nitrogens with zero attached hydrogens (tertiary/aromatic N) is 4. The highest BCUT2D eigenvalue weighted by Gasteiger charge is 2.21. The van der Waals surface area contributed by atoms with E-state index < -0.39 is 0 Å². The smallest absolute Gasteiger partial charge is 0.257 e. The van der Waals surface area contributed by atoms with Gasteiger partial charge >= 0.3 is 0 Å². The first-order chi connectivity index (χ1) is 15.1. The Morgan fingerprint density at radius 2 is 2.06 bits per heavy atom. The first kappa shape index (κ1) is 23.2. The number of ether oxygens (including phenoxy) is 1. The van der Waals surface area contributed by atoms with Crippen molar-refractivity contribution in [3.63, 3.8) is 0 Å². The van der Waals surface area contributed by atoms with E-state index in [1.165, 1.54) is 5.56 Å². The number of guanidine groups is 1. The van der Waals surface area contributed by atoms with Gasteiger partial charge in [0.25, 0.3) is 5.89 Å². The predicted molar refractivity (Wildman–Crippen MR) is 123 cm³/mol. The Kier molecular flexibility index (Phi) is 8.85. The Balaban J connectivity index is 1.39. The summed E-state index contributed by atoms with van der Waals surface area (Å²) in [5.41, 5.74) is 2.18. The van der Waals surface area contributed by atoms with Crippen molar-refractivity contribution in [2.24, 2.45) is 10.9 Å². The molecule has 3 rings (SSSR count). The van der Waals surface area contributed by atoms with Gasteiger partial charge < -0.3 is 19.9 Å². The highest BCUT2D eigenvalue weighted by Crippen LogP contribution is 2.18. The molecular formula is C23H36N6O2. The molecule has 1 aromatic heterocycles. The number of rotatable bonds is 9. The molecule has 1 unspecified atom stereocenters. The molecule has 0 saturated carbocycles. The fourth-order valence-electron chi connectivity index (χ4n) is 3.67. The Bertz CT molecular complexity index is 818. The van der Waals surface area contributed by atoms with Gasteiger partial charge in [-0.15, -0.1) is 0 Å². The third-order valence-corrected chi connectivity index (χ3v) is 5.26. The Morgan fingerprint density at radius 1 is 1.26 bits per heavy atom. The summed E-state index contributed by atoms with van der Waals surface area (Å²) in [6.07, 6.45) is 1.86. The lowest BCUT2D eigenvalue weighted by atomic mass is 10.1. The van der Waals surface area contributed by atoms with Gasteiger partial charge in [-0.3, -0.25) is 9.89 Å². The summed E-state index contributed by atoms with van der Waals surface area (Å²) in [6.45, 7) is 12.0.